The number of aromatic nitrogens is 2. The van der Waals surface area contributed by atoms with Crippen molar-refractivity contribution in [3.63, 3.8) is 0 Å². The fourth-order valence-corrected chi connectivity index (χ4v) is 3.83. The number of aryl methyl sites for hydroxylation is 1. The maximum atomic E-state index is 14.5. The van der Waals surface area contributed by atoms with E-state index in [1.165, 1.54) is 12.5 Å². The van der Waals surface area contributed by atoms with E-state index < -0.39 is 0 Å². The summed E-state index contributed by atoms with van der Waals surface area (Å²) in [5, 5.41) is 27.7. The molecular formula is C28H39FN6O. The largest absolute Gasteiger partial charge is 0.507 e. The van der Waals surface area contributed by atoms with Crippen molar-refractivity contribution in [1.29, 1.82) is 0 Å². The van der Waals surface area contributed by atoms with Crippen LogP contribution in [0.4, 0.5) is 4.39 Å². The summed E-state index contributed by atoms with van der Waals surface area (Å²) >= 11 is 0. The first kappa shape index (κ1) is 28.7. The molecule has 2 aromatic carbocycles. The quantitative estimate of drug-likeness (QED) is 0.210. The molecule has 0 atom stereocenters. The summed E-state index contributed by atoms with van der Waals surface area (Å²) in [7, 11) is 1.76. The lowest BCUT2D eigenvalue weighted by atomic mass is 9.99. The van der Waals surface area contributed by atoms with Crippen molar-refractivity contribution in [3.05, 3.63) is 61.1 Å². The van der Waals surface area contributed by atoms with Crippen LogP contribution in [-0.4, -0.2) is 57.5 Å². The van der Waals surface area contributed by atoms with Crippen molar-refractivity contribution in [2.24, 2.45) is 17.3 Å². The number of nitrogens with one attached hydrogen (secondary N) is 1. The number of rotatable bonds is 4. The standard InChI is InChI=1S/C23H27FN6O.C3H8.C2H4/c1-4-21(27-26-15(2)30-9-7-25-8-10-30)19-6-5-16(13-22(19)31)17-11-18-14-29(3)28-23(18)20(24)12-17;1-3-2;1-2/h5-6,11-14,25,31H,4,7-10H2,1-3H3;3H2,1-2H3;1-2H2/b26-15+,27-21+;;. The lowest BCUT2D eigenvalue weighted by Gasteiger charge is -2.28. The molecule has 0 amide bonds. The second kappa shape index (κ2) is 14.1. The van der Waals surface area contributed by atoms with Crippen LogP contribution in [0.2, 0.25) is 0 Å². The molecule has 1 saturated heterocycles. The van der Waals surface area contributed by atoms with Crippen molar-refractivity contribution in [2.75, 3.05) is 26.2 Å². The number of hydrogen-bond acceptors (Lipinski definition) is 5. The second-order valence-corrected chi connectivity index (χ2v) is 8.42. The van der Waals surface area contributed by atoms with Crippen molar-refractivity contribution in [1.82, 2.24) is 20.0 Å². The topological polar surface area (TPSA) is 78.0 Å². The molecule has 1 fully saturated rings. The van der Waals surface area contributed by atoms with Gasteiger partial charge in [0.2, 0.25) is 0 Å². The molecule has 0 radical (unpaired) electrons. The van der Waals surface area contributed by atoms with Gasteiger partial charge >= 0.3 is 0 Å². The van der Waals surface area contributed by atoms with Gasteiger partial charge in [0.25, 0.3) is 0 Å². The van der Waals surface area contributed by atoms with Crippen LogP contribution in [0.15, 0.2) is 59.9 Å². The zero-order valence-electron chi connectivity index (χ0n) is 22.2. The molecule has 0 bridgehead atoms. The maximum absolute atomic E-state index is 14.5. The van der Waals surface area contributed by atoms with Gasteiger partial charge in [-0.15, -0.1) is 18.3 Å². The lowest BCUT2D eigenvalue weighted by molar-refractivity contribution is 0.355. The Kier molecular flexibility index (Phi) is 11.3. The van der Waals surface area contributed by atoms with E-state index in [4.69, 9.17) is 0 Å². The second-order valence-electron chi connectivity index (χ2n) is 8.42. The Bertz CT molecular complexity index is 1190. The van der Waals surface area contributed by atoms with Gasteiger partial charge in [-0.2, -0.15) is 10.2 Å². The van der Waals surface area contributed by atoms with E-state index in [-0.39, 0.29) is 11.6 Å². The predicted octanol–water partition coefficient (Wildman–Crippen LogP) is 5.74. The SMILES string of the molecule is C=C.CC/C(=N\N=C(/C)N1CCNCC1)c1ccc(-c2cc(F)c3nn(C)cc3c2)cc1O.CCC. The molecule has 1 aliphatic heterocycles. The van der Waals surface area contributed by atoms with Gasteiger partial charge in [-0.3, -0.25) is 4.68 Å². The predicted molar refractivity (Wildman–Crippen MR) is 149 cm³/mol. The highest BCUT2D eigenvalue weighted by Crippen LogP contribution is 2.30. The minimum Gasteiger partial charge on any atom is -0.507 e. The number of fused-ring (bicyclic) bond motifs is 1. The Morgan fingerprint density at radius 3 is 2.36 bits per heavy atom. The van der Waals surface area contributed by atoms with Gasteiger partial charge in [0.05, 0.1) is 5.71 Å². The number of halogens is 1. The molecule has 3 aromatic rings. The van der Waals surface area contributed by atoms with Crippen LogP contribution in [0.25, 0.3) is 22.0 Å². The molecule has 1 aliphatic rings. The number of aromatic hydroxyl groups is 1. The summed E-state index contributed by atoms with van der Waals surface area (Å²) in [6.45, 7) is 17.9. The third-order valence-corrected chi connectivity index (χ3v) is 5.54. The van der Waals surface area contributed by atoms with Gasteiger partial charge < -0.3 is 15.3 Å². The number of piperazine rings is 1. The summed E-state index contributed by atoms with van der Waals surface area (Å²) in [6, 6.07) is 8.64. The van der Waals surface area contributed by atoms with E-state index in [1.807, 2.05) is 32.0 Å². The van der Waals surface area contributed by atoms with E-state index in [0.717, 1.165) is 43.0 Å². The molecular weight excluding hydrogens is 455 g/mol. The average molecular weight is 495 g/mol. The molecule has 1 aromatic heterocycles. The van der Waals surface area contributed by atoms with Crippen LogP contribution in [0.3, 0.4) is 0 Å². The minimum absolute atomic E-state index is 0.0971. The fourth-order valence-electron chi connectivity index (χ4n) is 3.83. The molecule has 4 rings (SSSR count). The smallest absolute Gasteiger partial charge is 0.151 e. The van der Waals surface area contributed by atoms with Gasteiger partial charge in [0.15, 0.2) is 5.82 Å². The number of amidine groups is 1. The first-order valence-electron chi connectivity index (χ1n) is 12.4. The molecule has 0 unspecified atom stereocenters. The van der Waals surface area contributed by atoms with E-state index in [1.54, 1.807) is 24.0 Å². The molecule has 36 heavy (non-hydrogen) atoms. The van der Waals surface area contributed by atoms with Gasteiger partial charge in [0.1, 0.15) is 17.1 Å². The molecule has 7 nitrogen and oxygen atoms in total. The first-order chi connectivity index (χ1) is 17.4. The number of phenolic OH excluding ortho intramolecular Hbond substituents is 1. The molecule has 2 N–H and O–H groups in total. The first-order valence-corrected chi connectivity index (χ1v) is 12.4. The summed E-state index contributed by atoms with van der Waals surface area (Å²) in [6.07, 6.45) is 3.65. The number of benzene rings is 2. The highest BCUT2D eigenvalue weighted by molar-refractivity contribution is 6.03. The van der Waals surface area contributed by atoms with Crippen LogP contribution < -0.4 is 5.32 Å². The molecule has 8 heteroatoms. The zero-order valence-corrected chi connectivity index (χ0v) is 22.2. The Hall–Kier alpha value is -3.52. The van der Waals surface area contributed by atoms with Gasteiger partial charge in [0, 0.05) is 50.4 Å². The Balaban J connectivity index is 0.000000850. The van der Waals surface area contributed by atoms with Crippen molar-refractivity contribution >= 4 is 22.5 Å². The Morgan fingerprint density at radius 2 is 1.75 bits per heavy atom. The number of phenols is 1. The van der Waals surface area contributed by atoms with E-state index >= 15 is 0 Å². The number of nitrogens with zero attached hydrogens (tertiary/aromatic N) is 5. The third-order valence-electron chi connectivity index (χ3n) is 5.54. The molecule has 0 aliphatic carbocycles. The Morgan fingerprint density at radius 1 is 1.08 bits per heavy atom. The zero-order chi connectivity index (χ0) is 26.7. The van der Waals surface area contributed by atoms with E-state index in [9.17, 15) is 9.50 Å². The van der Waals surface area contributed by atoms with Crippen LogP contribution in [0.1, 0.15) is 46.1 Å². The van der Waals surface area contributed by atoms with E-state index in [0.29, 0.717) is 28.8 Å². The molecule has 2 heterocycles. The molecule has 0 spiro atoms. The van der Waals surface area contributed by atoms with Crippen molar-refractivity contribution < 1.29 is 9.50 Å². The normalized spacial score (nSPS) is 14.1. The van der Waals surface area contributed by atoms with E-state index in [2.05, 4.69) is 52.5 Å². The number of hydrogen-bond donors (Lipinski definition) is 2. The summed E-state index contributed by atoms with van der Waals surface area (Å²) in [5.41, 5.74) is 3.08. The fraction of sp³-hybridized carbons (Fsp3) is 0.393. The van der Waals surface area contributed by atoms with Crippen LogP contribution >= 0.6 is 0 Å². The Labute approximate surface area is 214 Å². The van der Waals surface area contributed by atoms with Crippen molar-refractivity contribution in [3.8, 4) is 16.9 Å². The third kappa shape index (κ3) is 7.24. The van der Waals surface area contributed by atoms with Crippen LogP contribution in [-0.2, 0) is 7.05 Å². The van der Waals surface area contributed by atoms with Gasteiger partial charge in [-0.25, -0.2) is 4.39 Å². The summed E-state index contributed by atoms with van der Waals surface area (Å²) < 4.78 is 16.0. The summed E-state index contributed by atoms with van der Waals surface area (Å²) in [5.74, 6) is 0.578. The highest BCUT2D eigenvalue weighted by atomic mass is 19.1. The van der Waals surface area contributed by atoms with Gasteiger partial charge in [-0.1, -0.05) is 33.3 Å². The van der Waals surface area contributed by atoms with Gasteiger partial charge in [-0.05, 0) is 48.7 Å². The summed E-state index contributed by atoms with van der Waals surface area (Å²) in [4.78, 5) is 2.19. The van der Waals surface area contributed by atoms with Crippen LogP contribution in [0.5, 0.6) is 5.75 Å². The highest BCUT2D eigenvalue weighted by Gasteiger charge is 2.14. The molecule has 194 valence electrons. The average Bonchev–Trinajstić information content (AvgIpc) is 3.28. The monoisotopic (exact) mass is 494 g/mol. The lowest BCUT2D eigenvalue weighted by Crippen LogP contribution is -2.45. The van der Waals surface area contributed by atoms with Crippen LogP contribution in [0, 0.1) is 5.82 Å². The minimum atomic E-state index is -0.384. The van der Waals surface area contributed by atoms with Crippen molar-refractivity contribution in [2.45, 2.75) is 40.5 Å². The maximum Gasteiger partial charge on any atom is 0.151 e. The molecule has 0 saturated carbocycles.